The Morgan fingerprint density at radius 2 is 1.74 bits per heavy atom. The highest BCUT2D eigenvalue weighted by atomic mass is 32.1. The molecule has 7 nitrogen and oxygen atoms in total. The van der Waals surface area contributed by atoms with Gasteiger partial charge in [0.25, 0.3) is 11.8 Å². The number of carbonyl (C=O) groups excluding carboxylic acids is 3. The SMILES string of the molecule is CCc1ccc(N2C(=O)/C(=C/c3cn(CC(=O)Nc4ccc(F)cc4)c4ccccc34)C(=O)NC2=S)cc1. The van der Waals surface area contributed by atoms with Crippen molar-refractivity contribution >= 4 is 63.4 Å². The standard InChI is InChI=1S/C29H23FN4O3S/c1-2-18-7-13-22(14-8-18)34-28(37)24(27(36)32-29(34)38)15-19-16-33(25-6-4-3-5-23(19)25)17-26(35)31-21-11-9-20(30)10-12-21/h3-16H,2,17H2,1H3,(H,31,35)(H,32,36,38)/b24-15+. The summed E-state index contributed by atoms with van der Waals surface area (Å²) in [7, 11) is 0. The number of hydrogen-bond acceptors (Lipinski definition) is 4. The van der Waals surface area contributed by atoms with Gasteiger partial charge in [-0.2, -0.15) is 0 Å². The van der Waals surface area contributed by atoms with Gasteiger partial charge in [-0.3, -0.25) is 24.6 Å². The van der Waals surface area contributed by atoms with Crippen molar-refractivity contribution in [3.63, 3.8) is 0 Å². The second-order valence-corrected chi connectivity index (χ2v) is 9.15. The minimum absolute atomic E-state index is 0.0151. The maximum absolute atomic E-state index is 13.5. The van der Waals surface area contributed by atoms with Gasteiger partial charge in [-0.1, -0.05) is 37.3 Å². The smallest absolute Gasteiger partial charge is 0.270 e. The molecule has 1 aromatic heterocycles. The van der Waals surface area contributed by atoms with E-state index >= 15 is 0 Å². The van der Waals surface area contributed by atoms with Gasteiger partial charge in [0, 0.05) is 28.4 Å². The highest BCUT2D eigenvalue weighted by molar-refractivity contribution is 7.80. The number of hydrogen-bond donors (Lipinski definition) is 2. The van der Waals surface area contributed by atoms with Crippen molar-refractivity contribution in [2.75, 3.05) is 10.2 Å². The van der Waals surface area contributed by atoms with E-state index in [0.29, 0.717) is 16.9 Å². The fourth-order valence-corrected chi connectivity index (χ4v) is 4.62. The van der Waals surface area contributed by atoms with Crippen LogP contribution in [-0.4, -0.2) is 27.4 Å². The number of fused-ring (bicyclic) bond motifs is 1. The molecule has 0 unspecified atom stereocenters. The number of anilines is 2. The lowest BCUT2D eigenvalue weighted by Crippen LogP contribution is -2.54. The molecule has 190 valence electrons. The molecule has 1 fully saturated rings. The van der Waals surface area contributed by atoms with Crippen LogP contribution in [0.4, 0.5) is 15.8 Å². The van der Waals surface area contributed by atoms with Gasteiger partial charge in [0.05, 0.1) is 5.69 Å². The largest absolute Gasteiger partial charge is 0.337 e. The number of aromatic nitrogens is 1. The summed E-state index contributed by atoms with van der Waals surface area (Å²) in [6.07, 6.45) is 4.09. The summed E-state index contributed by atoms with van der Waals surface area (Å²) in [6, 6.07) is 20.3. The average Bonchev–Trinajstić information content (AvgIpc) is 3.25. The van der Waals surface area contributed by atoms with Crippen LogP contribution >= 0.6 is 12.2 Å². The minimum Gasteiger partial charge on any atom is -0.337 e. The van der Waals surface area contributed by atoms with Crippen LogP contribution in [-0.2, 0) is 27.3 Å². The number of aryl methyl sites for hydroxylation is 1. The number of benzene rings is 3. The number of thiocarbonyl (C=S) groups is 1. The lowest BCUT2D eigenvalue weighted by Gasteiger charge is -2.29. The molecule has 1 aliphatic heterocycles. The van der Waals surface area contributed by atoms with Crippen LogP contribution in [0.3, 0.4) is 0 Å². The molecule has 38 heavy (non-hydrogen) atoms. The molecule has 9 heteroatoms. The zero-order chi connectivity index (χ0) is 26.8. The maximum atomic E-state index is 13.5. The van der Waals surface area contributed by atoms with Crippen molar-refractivity contribution < 1.29 is 18.8 Å². The first-order chi connectivity index (χ1) is 18.3. The maximum Gasteiger partial charge on any atom is 0.270 e. The quantitative estimate of drug-likeness (QED) is 0.215. The molecule has 0 spiro atoms. The van der Waals surface area contributed by atoms with Gasteiger partial charge < -0.3 is 9.88 Å². The van der Waals surface area contributed by atoms with Gasteiger partial charge in [-0.05, 0) is 72.7 Å². The fraction of sp³-hybridized carbons (Fsp3) is 0.103. The predicted octanol–water partition coefficient (Wildman–Crippen LogP) is 4.81. The number of nitrogens with one attached hydrogen (secondary N) is 2. The number of amides is 3. The summed E-state index contributed by atoms with van der Waals surface area (Å²) < 4.78 is 14.9. The zero-order valence-corrected chi connectivity index (χ0v) is 21.2. The molecule has 1 aliphatic rings. The van der Waals surface area contributed by atoms with E-state index in [4.69, 9.17) is 12.2 Å². The minimum atomic E-state index is -0.590. The van der Waals surface area contributed by atoms with Gasteiger partial charge in [-0.15, -0.1) is 0 Å². The molecule has 0 radical (unpaired) electrons. The van der Waals surface area contributed by atoms with Crippen LogP contribution in [0, 0.1) is 5.82 Å². The topological polar surface area (TPSA) is 83.4 Å². The molecule has 3 aromatic carbocycles. The van der Waals surface area contributed by atoms with Gasteiger partial charge in [0.2, 0.25) is 5.91 Å². The molecule has 2 heterocycles. The lowest BCUT2D eigenvalue weighted by atomic mass is 10.1. The van der Waals surface area contributed by atoms with E-state index in [2.05, 4.69) is 10.6 Å². The van der Waals surface area contributed by atoms with Gasteiger partial charge in [-0.25, -0.2) is 4.39 Å². The molecule has 0 bridgehead atoms. The van der Waals surface area contributed by atoms with Crippen molar-refractivity contribution in [1.29, 1.82) is 0 Å². The van der Waals surface area contributed by atoms with Crippen LogP contribution in [0.1, 0.15) is 18.1 Å². The highest BCUT2D eigenvalue weighted by Crippen LogP contribution is 2.27. The second-order valence-electron chi connectivity index (χ2n) is 8.76. The van der Waals surface area contributed by atoms with Crippen molar-refractivity contribution in [1.82, 2.24) is 9.88 Å². The Labute approximate surface area is 223 Å². The van der Waals surface area contributed by atoms with E-state index in [0.717, 1.165) is 22.9 Å². The number of halogens is 1. The Morgan fingerprint density at radius 1 is 1.03 bits per heavy atom. The number of nitrogens with zero attached hydrogens (tertiary/aromatic N) is 2. The Hall–Kier alpha value is -4.63. The van der Waals surface area contributed by atoms with E-state index in [1.54, 1.807) is 22.9 Å². The first-order valence-corrected chi connectivity index (χ1v) is 12.4. The molecule has 2 N–H and O–H groups in total. The van der Waals surface area contributed by atoms with Crippen molar-refractivity contribution in [3.05, 3.63) is 102 Å². The van der Waals surface area contributed by atoms with Crippen LogP contribution in [0.2, 0.25) is 0 Å². The summed E-state index contributed by atoms with van der Waals surface area (Å²) in [5.74, 6) is -1.83. The van der Waals surface area contributed by atoms with E-state index in [9.17, 15) is 18.8 Å². The molecule has 5 rings (SSSR count). The Balaban J connectivity index is 1.46. The summed E-state index contributed by atoms with van der Waals surface area (Å²) in [5, 5.41) is 6.13. The van der Waals surface area contributed by atoms with E-state index in [-0.39, 0.29) is 23.1 Å². The third-order valence-electron chi connectivity index (χ3n) is 6.27. The van der Waals surface area contributed by atoms with Crippen molar-refractivity contribution in [3.8, 4) is 0 Å². The van der Waals surface area contributed by atoms with Crippen LogP contribution in [0.25, 0.3) is 17.0 Å². The molecule has 0 saturated carbocycles. The van der Waals surface area contributed by atoms with Crippen molar-refractivity contribution in [2.24, 2.45) is 0 Å². The molecule has 0 atom stereocenters. The molecular weight excluding hydrogens is 503 g/mol. The summed E-state index contributed by atoms with van der Waals surface area (Å²) >= 11 is 5.31. The fourth-order valence-electron chi connectivity index (χ4n) is 4.34. The third-order valence-corrected chi connectivity index (χ3v) is 6.55. The molecule has 4 aromatic rings. The first-order valence-electron chi connectivity index (χ1n) is 12.0. The highest BCUT2D eigenvalue weighted by Gasteiger charge is 2.34. The summed E-state index contributed by atoms with van der Waals surface area (Å²) in [5.41, 5.74) is 3.42. The zero-order valence-electron chi connectivity index (χ0n) is 20.4. The Morgan fingerprint density at radius 3 is 2.45 bits per heavy atom. The second kappa shape index (κ2) is 10.4. The molecule has 1 saturated heterocycles. The number of para-hydroxylation sites is 1. The van der Waals surface area contributed by atoms with Crippen molar-refractivity contribution in [2.45, 2.75) is 19.9 Å². The monoisotopic (exact) mass is 526 g/mol. The average molecular weight is 527 g/mol. The van der Waals surface area contributed by atoms with Crippen LogP contribution in [0.5, 0.6) is 0 Å². The number of rotatable bonds is 6. The van der Waals surface area contributed by atoms with E-state index in [1.807, 2.05) is 43.3 Å². The predicted molar refractivity (Wildman–Crippen MR) is 149 cm³/mol. The lowest BCUT2D eigenvalue weighted by molar-refractivity contribution is -0.122. The molecule has 3 amide bonds. The van der Waals surface area contributed by atoms with Gasteiger partial charge in [0.15, 0.2) is 5.11 Å². The van der Waals surface area contributed by atoms with Crippen LogP contribution in [0.15, 0.2) is 84.6 Å². The Bertz CT molecular complexity index is 1610. The molecular formula is C29H23FN4O3S. The Kier molecular flexibility index (Phi) is 6.85. The normalized spacial score (nSPS) is 14.7. The summed E-state index contributed by atoms with van der Waals surface area (Å²) in [4.78, 5) is 40.3. The van der Waals surface area contributed by atoms with E-state index < -0.39 is 17.6 Å². The molecule has 0 aliphatic carbocycles. The summed E-state index contributed by atoms with van der Waals surface area (Å²) in [6.45, 7) is 2.01. The number of carbonyl (C=O) groups is 3. The first kappa shape index (κ1) is 25.0. The third kappa shape index (κ3) is 4.96. The van der Waals surface area contributed by atoms with E-state index in [1.165, 1.54) is 35.2 Å². The van der Waals surface area contributed by atoms with Gasteiger partial charge in [0.1, 0.15) is 17.9 Å². The van der Waals surface area contributed by atoms with Gasteiger partial charge >= 0.3 is 0 Å². The van der Waals surface area contributed by atoms with Crippen LogP contribution < -0.4 is 15.5 Å².